The number of rotatable bonds is 6. The monoisotopic (exact) mass is 396 g/mol. The Hall–Kier alpha value is -3.02. The lowest BCUT2D eigenvalue weighted by atomic mass is 10.0. The van der Waals surface area contributed by atoms with E-state index in [0.29, 0.717) is 24.4 Å². The molecular formula is C23H28N2O4. The molecule has 2 aromatic carbocycles. The van der Waals surface area contributed by atoms with Gasteiger partial charge in [0.25, 0.3) is 11.8 Å². The fraction of sp³-hybridized carbons (Fsp3) is 0.391. The first-order chi connectivity index (χ1) is 14.0. The highest BCUT2D eigenvalue weighted by atomic mass is 16.5. The highest BCUT2D eigenvalue weighted by Gasteiger charge is 2.25. The first-order valence-corrected chi connectivity index (χ1v) is 9.89. The summed E-state index contributed by atoms with van der Waals surface area (Å²) in [5.74, 6) is 1.25. The molecule has 0 aliphatic carbocycles. The van der Waals surface area contributed by atoms with Crippen LogP contribution in [0.2, 0.25) is 0 Å². The summed E-state index contributed by atoms with van der Waals surface area (Å²) in [5.41, 5.74) is 2.80. The number of hydrogen-bond acceptors (Lipinski definition) is 4. The number of nitrogens with one attached hydrogen (secondary N) is 1. The Morgan fingerprint density at radius 1 is 1.10 bits per heavy atom. The molecule has 2 aromatic rings. The summed E-state index contributed by atoms with van der Waals surface area (Å²) in [7, 11) is 1.58. The van der Waals surface area contributed by atoms with E-state index in [0.717, 1.165) is 29.7 Å². The summed E-state index contributed by atoms with van der Waals surface area (Å²) in [6.45, 7) is 5.20. The van der Waals surface area contributed by atoms with E-state index in [-0.39, 0.29) is 24.5 Å². The number of methoxy groups -OCH3 is 1. The second-order valence-electron chi connectivity index (χ2n) is 7.42. The molecule has 29 heavy (non-hydrogen) atoms. The van der Waals surface area contributed by atoms with E-state index in [9.17, 15) is 9.59 Å². The fourth-order valence-corrected chi connectivity index (χ4v) is 3.54. The van der Waals surface area contributed by atoms with Crippen molar-refractivity contribution in [3.05, 3.63) is 59.2 Å². The number of aryl methyl sites for hydroxylation is 2. The van der Waals surface area contributed by atoms with E-state index in [1.807, 2.05) is 49.1 Å². The maximum atomic E-state index is 12.7. The van der Waals surface area contributed by atoms with Gasteiger partial charge in [-0.15, -0.1) is 0 Å². The van der Waals surface area contributed by atoms with E-state index in [1.54, 1.807) is 19.2 Å². The molecule has 154 valence electrons. The zero-order valence-corrected chi connectivity index (χ0v) is 17.2. The third-order valence-corrected chi connectivity index (χ3v) is 5.15. The molecule has 0 radical (unpaired) electrons. The SMILES string of the molecule is COc1cccc(C(=O)N2CCC(NC(=O)COc3ccc(C)cc3C)CC2)c1. The zero-order valence-electron chi connectivity index (χ0n) is 17.2. The van der Waals surface area contributed by atoms with Gasteiger partial charge in [0.2, 0.25) is 0 Å². The first kappa shape index (κ1) is 20.7. The minimum absolute atomic E-state index is 0.00709. The van der Waals surface area contributed by atoms with E-state index in [1.165, 1.54) is 0 Å². The van der Waals surface area contributed by atoms with Crippen LogP contribution in [0.15, 0.2) is 42.5 Å². The number of hydrogen-bond donors (Lipinski definition) is 1. The lowest BCUT2D eigenvalue weighted by Gasteiger charge is -2.32. The predicted molar refractivity (Wildman–Crippen MR) is 111 cm³/mol. The largest absolute Gasteiger partial charge is 0.497 e. The highest BCUT2D eigenvalue weighted by molar-refractivity contribution is 5.94. The molecule has 3 rings (SSSR count). The molecule has 1 aliphatic rings. The van der Waals surface area contributed by atoms with Gasteiger partial charge < -0.3 is 19.7 Å². The molecule has 6 nitrogen and oxygen atoms in total. The second-order valence-corrected chi connectivity index (χ2v) is 7.42. The van der Waals surface area contributed by atoms with Crippen LogP contribution in [0.1, 0.15) is 34.3 Å². The number of ether oxygens (including phenoxy) is 2. The summed E-state index contributed by atoms with van der Waals surface area (Å²) < 4.78 is 10.8. The maximum absolute atomic E-state index is 12.7. The molecule has 0 aromatic heterocycles. The van der Waals surface area contributed by atoms with Crippen molar-refractivity contribution in [1.29, 1.82) is 0 Å². The molecular weight excluding hydrogens is 368 g/mol. The van der Waals surface area contributed by atoms with Crippen LogP contribution in [0.5, 0.6) is 11.5 Å². The predicted octanol–water partition coefficient (Wildman–Crippen LogP) is 3.11. The molecule has 0 bridgehead atoms. The van der Waals surface area contributed by atoms with Crippen LogP contribution in [0.25, 0.3) is 0 Å². The smallest absolute Gasteiger partial charge is 0.258 e. The highest BCUT2D eigenvalue weighted by Crippen LogP contribution is 2.19. The Bertz CT molecular complexity index is 873. The summed E-state index contributed by atoms with van der Waals surface area (Å²) >= 11 is 0. The minimum Gasteiger partial charge on any atom is -0.497 e. The maximum Gasteiger partial charge on any atom is 0.258 e. The number of carbonyl (C=O) groups excluding carboxylic acids is 2. The molecule has 1 heterocycles. The van der Waals surface area contributed by atoms with Crippen LogP contribution in [0.3, 0.4) is 0 Å². The standard InChI is InChI=1S/C23H28N2O4/c1-16-7-8-21(17(2)13-16)29-15-22(26)24-19-9-11-25(12-10-19)23(27)18-5-4-6-20(14-18)28-3/h4-8,13-14,19H,9-12,15H2,1-3H3,(H,24,26). The van der Waals surface area contributed by atoms with Crippen LogP contribution < -0.4 is 14.8 Å². The summed E-state index contributed by atoms with van der Waals surface area (Å²) in [6, 6.07) is 13.1. The summed E-state index contributed by atoms with van der Waals surface area (Å²) in [5, 5.41) is 3.02. The van der Waals surface area contributed by atoms with Gasteiger partial charge in [-0.2, -0.15) is 0 Å². The quantitative estimate of drug-likeness (QED) is 0.815. The van der Waals surface area contributed by atoms with Gasteiger partial charge in [0, 0.05) is 24.7 Å². The first-order valence-electron chi connectivity index (χ1n) is 9.89. The van der Waals surface area contributed by atoms with E-state index in [4.69, 9.17) is 9.47 Å². The zero-order chi connectivity index (χ0) is 20.8. The molecule has 1 fully saturated rings. The number of carbonyl (C=O) groups is 2. The number of benzene rings is 2. The molecule has 0 atom stereocenters. The van der Waals surface area contributed by atoms with Crippen molar-refractivity contribution >= 4 is 11.8 Å². The van der Waals surface area contributed by atoms with Gasteiger partial charge in [-0.05, 0) is 56.5 Å². The molecule has 1 saturated heterocycles. The van der Waals surface area contributed by atoms with Gasteiger partial charge in [0.15, 0.2) is 6.61 Å². The molecule has 0 unspecified atom stereocenters. The molecule has 6 heteroatoms. The number of piperidine rings is 1. The van der Waals surface area contributed by atoms with Gasteiger partial charge in [0.05, 0.1) is 7.11 Å². The van der Waals surface area contributed by atoms with Gasteiger partial charge >= 0.3 is 0 Å². The Morgan fingerprint density at radius 2 is 1.86 bits per heavy atom. The third kappa shape index (κ3) is 5.50. The minimum atomic E-state index is -0.137. The van der Waals surface area contributed by atoms with Crippen molar-refractivity contribution in [1.82, 2.24) is 10.2 Å². The number of likely N-dealkylation sites (tertiary alicyclic amines) is 1. The van der Waals surface area contributed by atoms with Gasteiger partial charge in [-0.3, -0.25) is 9.59 Å². The van der Waals surface area contributed by atoms with Crippen molar-refractivity contribution in [3.8, 4) is 11.5 Å². The van der Waals surface area contributed by atoms with Crippen molar-refractivity contribution in [2.24, 2.45) is 0 Å². The summed E-state index contributed by atoms with van der Waals surface area (Å²) in [6.07, 6.45) is 1.45. The van der Waals surface area contributed by atoms with E-state index in [2.05, 4.69) is 5.32 Å². The normalized spacial score (nSPS) is 14.4. The molecule has 0 saturated carbocycles. The van der Waals surface area contributed by atoms with Crippen LogP contribution in [-0.4, -0.2) is 49.6 Å². The Labute approximate surface area is 171 Å². The third-order valence-electron chi connectivity index (χ3n) is 5.15. The molecule has 2 amide bonds. The van der Waals surface area contributed by atoms with Crippen LogP contribution in [0.4, 0.5) is 0 Å². The molecule has 1 N–H and O–H groups in total. The Morgan fingerprint density at radius 3 is 2.55 bits per heavy atom. The Kier molecular flexibility index (Phi) is 6.75. The van der Waals surface area contributed by atoms with Crippen LogP contribution in [-0.2, 0) is 4.79 Å². The topological polar surface area (TPSA) is 67.9 Å². The van der Waals surface area contributed by atoms with Crippen molar-refractivity contribution in [2.45, 2.75) is 32.7 Å². The Balaban J connectivity index is 1.45. The average molecular weight is 396 g/mol. The van der Waals surface area contributed by atoms with Crippen molar-refractivity contribution in [2.75, 3.05) is 26.8 Å². The molecule has 1 aliphatic heterocycles. The summed E-state index contributed by atoms with van der Waals surface area (Å²) in [4.78, 5) is 26.7. The second kappa shape index (κ2) is 9.45. The van der Waals surface area contributed by atoms with Crippen molar-refractivity contribution < 1.29 is 19.1 Å². The van der Waals surface area contributed by atoms with Gasteiger partial charge in [0.1, 0.15) is 11.5 Å². The van der Waals surface area contributed by atoms with Crippen molar-refractivity contribution in [3.63, 3.8) is 0 Å². The van der Waals surface area contributed by atoms with E-state index < -0.39 is 0 Å². The lowest BCUT2D eigenvalue weighted by molar-refractivity contribution is -0.124. The van der Waals surface area contributed by atoms with Gasteiger partial charge in [-0.1, -0.05) is 23.8 Å². The van der Waals surface area contributed by atoms with Crippen LogP contribution >= 0.6 is 0 Å². The fourth-order valence-electron chi connectivity index (χ4n) is 3.54. The average Bonchev–Trinajstić information content (AvgIpc) is 2.73. The number of nitrogens with zero attached hydrogens (tertiary/aromatic N) is 1. The van der Waals surface area contributed by atoms with Gasteiger partial charge in [-0.25, -0.2) is 0 Å². The molecule has 0 spiro atoms. The van der Waals surface area contributed by atoms with Crippen LogP contribution in [0, 0.1) is 13.8 Å². The number of amides is 2. The lowest BCUT2D eigenvalue weighted by Crippen LogP contribution is -2.47. The van der Waals surface area contributed by atoms with E-state index >= 15 is 0 Å².